The minimum absolute atomic E-state index is 0.158. The minimum Gasteiger partial charge on any atom is -0.469 e. The number of rotatable bonds is 9. The number of esters is 1. The van der Waals surface area contributed by atoms with Crippen molar-refractivity contribution in [3.05, 3.63) is 103 Å². The zero-order valence-corrected chi connectivity index (χ0v) is 17.8. The first-order valence-electron chi connectivity index (χ1n) is 10.0. The van der Waals surface area contributed by atoms with Crippen LogP contribution in [0.25, 0.3) is 0 Å². The molecule has 0 spiro atoms. The van der Waals surface area contributed by atoms with E-state index in [0.717, 1.165) is 19.0 Å². The van der Waals surface area contributed by atoms with Gasteiger partial charge in [0.15, 0.2) is 0 Å². The maximum absolute atomic E-state index is 11.3. The van der Waals surface area contributed by atoms with E-state index >= 15 is 0 Å². The van der Waals surface area contributed by atoms with Gasteiger partial charge in [-0.2, -0.15) is 0 Å². The van der Waals surface area contributed by atoms with Crippen molar-refractivity contribution in [1.29, 1.82) is 0 Å². The van der Waals surface area contributed by atoms with Crippen molar-refractivity contribution in [1.82, 2.24) is 0 Å². The van der Waals surface area contributed by atoms with Crippen LogP contribution in [0.1, 0.15) is 19.3 Å². The standard InChI is InChI=1S/C26H28O2P/c1-28-26(27)21-13-2-3-14-22-29(23-15-7-4-8-16-23,24-17-9-5-10-18-24)25-19-11-6-12-20-25/h2-12,15-20H,13-14,21-22H2,1H3/q+1/b3-2-. The maximum atomic E-state index is 11.3. The second-order valence-corrected chi connectivity index (χ2v) is 10.5. The quantitative estimate of drug-likeness (QED) is 0.289. The molecule has 0 aromatic heterocycles. The average Bonchev–Trinajstić information content (AvgIpc) is 2.80. The van der Waals surface area contributed by atoms with Crippen LogP contribution in [0.15, 0.2) is 103 Å². The molecule has 0 saturated heterocycles. The van der Waals surface area contributed by atoms with E-state index in [-0.39, 0.29) is 5.97 Å². The lowest BCUT2D eigenvalue weighted by molar-refractivity contribution is -0.140. The second-order valence-electron chi connectivity index (χ2n) is 6.91. The van der Waals surface area contributed by atoms with E-state index in [1.54, 1.807) is 0 Å². The van der Waals surface area contributed by atoms with Crippen molar-refractivity contribution in [2.45, 2.75) is 19.3 Å². The van der Waals surface area contributed by atoms with Crippen LogP contribution in [0, 0.1) is 0 Å². The average molecular weight is 403 g/mol. The molecule has 0 saturated carbocycles. The number of carbonyl (C=O) groups excluding carboxylic acids is 1. The molecule has 3 rings (SSSR count). The van der Waals surface area contributed by atoms with Crippen molar-refractivity contribution in [3.63, 3.8) is 0 Å². The van der Waals surface area contributed by atoms with Crippen LogP contribution in [0.5, 0.6) is 0 Å². The summed E-state index contributed by atoms with van der Waals surface area (Å²) in [5.41, 5.74) is 0. The van der Waals surface area contributed by atoms with Gasteiger partial charge in [0.25, 0.3) is 0 Å². The lowest BCUT2D eigenvalue weighted by Crippen LogP contribution is -2.33. The number of hydrogen-bond donors (Lipinski definition) is 0. The highest BCUT2D eigenvalue weighted by atomic mass is 31.2. The predicted octanol–water partition coefficient (Wildman–Crippen LogP) is 4.88. The highest BCUT2D eigenvalue weighted by Gasteiger charge is 2.44. The van der Waals surface area contributed by atoms with Gasteiger partial charge in [0.2, 0.25) is 0 Å². The summed E-state index contributed by atoms with van der Waals surface area (Å²) >= 11 is 0. The fraction of sp³-hybridized carbons (Fsp3) is 0.192. The van der Waals surface area contributed by atoms with Crippen molar-refractivity contribution in [3.8, 4) is 0 Å². The molecule has 148 valence electrons. The fourth-order valence-electron chi connectivity index (χ4n) is 3.69. The van der Waals surface area contributed by atoms with Crippen LogP contribution < -0.4 is 15.9 Å². The van der Waals surface area contributed by atoms with Gasteiger partial charge in [0.1, 0.15) is 23.2 Å². The third kappa shape index (κ3) is 5.22. The molecule has 2 nitrogen and oxygen atoms in total. The van der Waals surface area contributed by atoms with Crippen LogP contribution in [0.2, 0.25) is 0 Å². The van der Waals surface area contributed by atoms with Gasteiger partial charge in [-0.15, -0.1) is 0 Å². The summed E-state index contributed by atoms with van der Waals surface area (Å²) in [5.74, 6) is -0.158. The Morgan fingerprint density at radius 3 is 1.55 bits per heavy atom. The van der Waals surface area contributed by atoms with E-state index in [9.17, 15) is 4.79 Å². The Morgan fingerprint density at radius 1 is 0.724 bits per heavy atom. The molecule has 0 atom stereocenters. The Kier molecular flexibility index (Phi) is 7.78. The van der Waals surface area contributed by atoms with Crippen molar-refractivity contribution >= 4 is 29.1 Å². The molecular formula is C26H28O2P+. The van der Waals surface area contributed by atoms with Crippen LogP contribution in [0.4, 0.5) is 0 Å². The normalized spacial score (nSPS) is 11.5. The smallest absolute Gasteiger partial charge is 0.305 e. The van der Waals surface area contributed by atoms with E-state index in [0.29, 0.717) is 6.42 Å². The molecule has 0 heterocycles. The topological polar surface area (TPSA) is 26.3 Å². The molecule has 29 heavy (non-hydrogen) atoms. The highest BCUT2D eigenvalue weighted by molar-refractivity contribution is 7.95. The van der Waals surface area contributed by atoms with Gasteiger partial charge >= 0.3 is 5.97 Å². The van der Waals surface area contributed by atoms with Crippen LogP contribution in [-0.2, 0) is 9.53 Å². The Balaban J connectivity index is 1.95. The van der Waals surface area contributed by atoms with Gasteiger partial charge in [-0.3, -0.25) is 4.79 Å². The number of benzene rings is 3. The van der Waals surface area contributed by atoms with E-state index in [2.05, 4.69) is 103 Å². The number of ether oxygens (including phenoxy) is 1. The largest absolute Gasteiger partial charge is 0.469 e. The Hall–Kier alpha value is -2.70. The molecule has 3 aromatic rings. The molecule has 3 aromatic carbocycles. The second kappa shape index (κ2) is 10.7. The van der Waals surface area contributed by atoms with E-state index in [1.807, 2.05) is 0 Å². The molecule has 0 N–H and O–H groups in total. The summed E-state index contributed by atoms with van der Waals surface area (Å²) < 4.78 is 4.72. The molecule has 3 heteroatoms. The SMILES string of the molecule is COC(=O)CC/C=C\CC[P+](c1ccccc1)(c1ccccc1)c1ccccc1. The first-order valence-corrected chi connectivity index (χ1v) is 12.0. The first-order chi connectivity index (χ1) is 14.3. The molecule has 0 aliphatic carbocycles. The summed E-state index contributed by atoms with van der Waals surface area (Å²) in [6.45, 7) is 0. The van der Waals surface area contributed by atoms with Gasteiger partial charge in [0, 0.05) is 12.8 Å². The third-order valence-electron chi connectivity index (χ3n) is 5.13. The monoisotopic (exact) mass is 403 g/mol. The van der Waals surface area contributed by atoms with E-state index in [1.165, 1.54) is 23.0 Å². The molecule has 0 amide bonds. The molecule has 0 aliphatic rings. The van der Waals surface area contributed by atoms with Crippen LogP contribution in [0.3, 0.4) is 0 Å². The maximum Gasteiger partial charge on any atom is 0.305 e. The molecule has 0 aliphatic heterocycles. The highest BCUT2D eigenvalue weighted by Crippen LogP contribution is 2.55. The zero-order chi connectivity index (χ0) is 20.4. The Labute approximate surface area is 174 Å². The number of carbonyl (C=O) groups is 1. The first kappa shape index (κ1) is 21.0. The minimum atomic E-state index is -1.77. The summed E-state index contributed by atoms with van der Waals surface area (Å²) in [6.07, 6.45) is 7.50. The van der Waals surface area contributed by atoms with E-state index in [4.69, 9.17) is 4.74 Å². The van der Waals surface area contributed by atoms with Crippen molar-refractivity contribution in [2.24, 2.45) is 0 Å². The van der Waals surface area contributed by atoms with E-state index < -0.39 is 7.26 Å². The molecule has 0 radical (unpaired) electrons. The zero-order valence-electron chi connectivity index (χ0n) is 16.9. The Morgan fingerprint density at radius 2 is 1.14 bits per heavy atom. The lowest BCUT2D eigenvalue weighted by Gasteiger charge is -2.27. The Bertz CT molecular complexity index is 809. The number of allylic oxidation sites excluding steroid dienone is 2. The van der Waals surface area contributed by atoms with Gasteiger partial charge < -0.3 is 4.74 Å². The van der Waals surface area contributed by atoms with Crippen molar-refractivity contribution < 1.29 is 9.53 Å². The summed E-state index contributed by atoms with van der Waals surface area (Å²) in [5, 5.41) is 4.21. The number of hydrogen-bond acceptors (Lipinski definition) is 2. The van der Waals surface area contributed by atoms with Gasteiger partial charge in [-0.05, 0) is 42.8 Å². The van der Waals surface area contributed by atoms with Crippen molar-refractivity contribution in [2.75, 3.05) is 13.3 Å². The summed E-state index contributed by atoms with van der Waals surface area (Å²) in [6, 6.07) is 32.7. The van der Waals surface area contributed by atoms with Gasteiger partial charge in [-0.1, -0.05) is 66.7 Å². The molecule has 0 bridgehead atoms. The van der Waals surface area contributed by atoms with Gasteiger partial charge in [-0.25, -0.2) is 0 Å². The lowest BCUT2D eigenvalue weighted by atomic mass is 10.3. The molecule has 0 fully saturated rings. The molecule has 0 unspecified atom stereocenters. The third-order valence-corrected chi connectivity index (χ3v) is 9.60. The molecular weight excluding hydrogens is 375 g/mol. The van der Waals surface area contributed by atoms with Crippen LogP contribution >= 0.6 is 7.26 Å². The fourth-order valence-corrected chi connectivity index (χ4v) is 7.94. The van der Waals surface area contributed by atoms with Gasteiger partial charge in [0.05, 0.1) is 13.3 Å². The van der Waals surface area contributed by atoms with Crippen LogP contribution in [-0.4, -0.2) is 19.2 Å². The number of methoxy groups -OCH3 is 1. The summed E-state index contributed by atoms with van der Waals surface area (Å²) in [4.78, 5) is 11.3. The summed E-state index contributed by atoms with van der Waals surface area (Å²) in [7, 11) is -0.335. The predicted molar refractivity (Wildman–Crippen MR) is 125 cm³/mol.